The molecule has 0 bridgehead atoms. The molecular formula is C10H8BrF. The minimum Gasteiger partial charge on any atom is -0.207 e. The Morgan fingerprint density at radius 1 is 1.33 bits per heavy atom. The van der Waals surface area contributed by atoms with E-state index in [0.717, 1.165) is 34.0 Å². The number of halogens is 2. The molecule has 0 aliphatic heterocycles. The van der Waals surface area contributed by atoms with Gasteiger partial charge in [0.2, 0.25) is 0 Å². The van der Waals surface area contributed by atoms with Gasteiger partial charge in [-0.3, -0.25) is 0 Å². The van der Waals surface area contributed by atoms with Crippen molar-refractivity contribution in [1.82, 2.24) is 0 Å². The molecule has 0 spiro atoms. The molecule has 0 amide bonds. The molecule has 12 heavy (non-hydrogen) atoms. The molecule has 62 valence electrons. The Labute approximate surface area is 79.2 Å². The third-order valence-corrected chi connectivity index (χ3v) is 2.68. The first-order valence-electron chi connectivity index (χ1n) is 3.84. The summed E-state index contributed by atoms with van der Waals surface area (Å²) in [7, 11) is 0. The lowest BCUT2D eigenvalue weighted by atomic mass is 10.1. The molecule has 0 fully saturated rings. The van der Waals surface area contributed by atoms with Crippen LogP contribution in [0.5, 0.6) is 0 Å². The van der Waals surface area contributed by atoms with Crippen molar-refractivity contribution in [2.75, 3.05) is 0 Å². The largest absolute Gasteiger partial charge is 0.207 e. The van der Waals surface area contributed by atoms with E-state index in [-0.39, 0.29) is 5.82 Å². The van der Waals surface area contributed by atoms with Crippen molar-refractivity contribution in [3.8, 4) is 0 Å². The van der Waals surface area contributed by atoms with E-state index >= 15 is 0 Å². The Bertz CT molecular complexity index is 355. The van der Waals surface area contributed by atoms with Crippen LogP contribution in [0.1, 0.15) is 17.5 Å². The summed E-state index contributed by atoms with van der Waals surface area (Å²) in [6.45, 7) is 3.89. The molecule has 0 radical (unpaired) electrons. The lowest BCUT2D eigenvalue weighted by Crippen LogP contribution is -1.87. The average molecular weight is 227 g/mol. The zero-order valence-corrected chi connectivity index (χ0v) is 8.12. The summed E-state index contributed by atoms with van der Waals surface area (Å²) in [6, 6.07) is 3.45. The Balaban J connectivity index is 2.68. The quantitative estimate of drug-likeness (QED) is 0.635. The van der Waals surface area contributed by atoms with Gasteiger partial charge >= 0.3 is 0 Å². The smallest absolute Gasteiger partial charge is 0.128 e. The van der Waals surface area contributed by atoms with Crippen LogP contribution in [0.15, 0.2) is 23.2 Å². The summed E-state index contributed by atoms with van der Waals surface area (Å²) in [4.78, 5) is 0. The van der Waals surface area contributed by atoms with Gasteiger partial charge in [-0.05, 0) is 41.7 Å². The predicted molar refractivity (Wildman–Crippen MR) is 51.5 cm³/mol. The van der Waals surface area contributed by atoms with Gasteiger partial charge in [0.1, 0.15) is 5.82 Å². The summed E-state index contributed by atoms with van der Waals surface area (Å²) in [5.41, 5.74) is 2.86. The molecule has 2 rings (SSSR count). The van der Waals surface area contributed by atoms with E-state index in [1.165, 1.54) is 6.07 Å². The van der Waals surface area contributed by atoms with E-state index < -0.39 is 0 Å². The third kappa shape index (κ3) is 1.11. The van der Waals surface area contributed by atoms with Crippen LogP contribution in [0.25, 0.3) is 5.57 Å². The SMILES string of the molecule is C=C1CCc2c(F)cc(Br)cc21. The first-order chi connectivity index (χ1) is 5.68. The summed E-state index contributed by atoms with van der Waals surface area (Å²) in [5, 5.41) is 0. The third-order valence-electron chi connectivity index (χ3n) is 2.22. The van der Waals surface area contributed by atoms with Crippen LogP contribution in [0.4, 0.5) is 4.39 Å². The van der Waals surface area contributed by atoms with Gasteiger partial charge in [-0.15, -0.1) is 0 Å². The van der Waals surface area contributed by atoms with Crippen molar-refractivity contribution < 1.29 is 4.39 Å². The second-order valence-corrected chi connectivity index (χ2v) is 3.93. The summed E-state index contributed by atoms with van der Waals surface area (Å²) in [5.74, 6) is -0.113. The summed E-state index contributed by atoms with van der Waals surface area (Å²) in [6.07, 6.45) is 1.69. The number of hydrogen-bond donors (Lipinski definition) is 0. The van der Waals surface area contributed by atoms with Gasteiger partial charge in [-0.2, -0.15) is 0 Å². The lowest BCUT2D eigenvalue weighted by Gasteiger charge is -2.01. The van der Waals surface area contributed by atoms with Crippen LogP contribution < -0.4 is 0 Å². The Morgan fingerprint density at radius 2 is 2.08 bits per heavy atom. The molecule has 0 unspecified atom stereocenters. The lowest BCUT2D eigenvalue weighted by molar-refractivity contribution is 0.612. The molecule has 0 nitrogen and oxygen atoms in total. The molecule has 0 atom stereocenters. The first kappa shape index (κ1) is 7.99. The number of fused-ring (bicyclic) bond motifs is 1. The molecule has 1 aliphatic carbocycles. The predicted octanol–water partition coefficient (Wildman–Crippen LogP) is 3.55. The second-order valence-electron chi connectivity index (χ2n) is 3.02. The van der Waals surface area contributed by atoms with Crippen LogP contribution in [0.2, 0.25) is 0 Å². The number of hydrogen-bond acceptors (Lipinski definition) is 0. The fourth-order valence-corrected chi connectivity index (χ4v) is 2.01. The molecule has 0 aromatic heterocycles. The maximum atomic E-state index is 13.3. The summed E-state index contributed by atoms with van der Waals surface area (Å²) < 4.78 is 14.0. The average Bonchev–Trinajstić information content (AvgIpc) is 2.33. The van der Waals surface area contributed by atoms with Crippen molar-refractivity contribution in [1.29, 1.82) is 0 Å². The molecule has 0 heterocycles. The van der Waals surface area contributed by atoms with E-state index in [1.54, 1.807) is 0 Å². The van der Waals surface area contributed by atoms with E-state index in [9.17, 15) is 4.39 Å². The molecule has 1 aromatic carbocycles. The highest BCUT2D eigenvalue weighted by Gasteiger charge is 2.18. The van der Waals surface area contributed by atoms with Crippen LogP contribution in [0, 0.1) is 5.82 Å². The standard InChI is InChI=1S/C10H8BrF/c1-6-2-3-8-9(6)4-7(11)5-10(8)12/h4-5H,1-3H2. The molecular weight excluding hydrogens is 219 g/mol. The zero-order valence-electron chi connectivity index (χ0n) is 6.53. The Hall–Kier alpha value is -0.630. The van der Waals surface area contributed by atoms with Crippen molar-refractivity contribution in [2.24, 2.45) is 0 Å². The highest BCUT2D eigenvalue weighted by molar-refractivity contribution is 9.10. The summed E-state index contributed by atoms with van der Waals surface area (Å²) >= 11 is 3.26. The van der Waals surface area contributed by atoms with E-state index in [0.29, 0.717) is 0 Å². The fourth-order valence-electron chi connectivity index (χ4n) is 1.58. The molecule has 1 aromatic rings. The number of benzene rings is 1. The molecule has 2 heteroatoms. The highest BCUT2D eigenvalue weighted by atomic mass is 79.9. The van der Waals surface area contributed by atoms with E-state index in [2.05, 4.69) is 22.5 Å². The minimum absolute atomic E-state index is 0.113. The first-order valence-corrected chi connectivity index (χ1v) is 4.64. The van der Waals surface area contributed by atoms with E-state index in [1.807, 2.05) is 6.07 Å². The molecule has 0 saturated carbocycles. The van der Waals surface area contributed by atoms with Crippen LogP contribution in [0.3, 0.4) is 0 Å². The van der Waals surface area contributed by atoms with Crippen molar-refractivity contribution in [3.05, 3.63) is 40.1 Å². The van der Waals surface area contributed by atoms with Crippen LogP contribution >= 0.6 is 15.9 Å². The zero-order chi connectivity index (χ0) is 8.72. The van der Waals surface area contributed by atoms with Gasteiger partial charge in [0.25, 0.3) is 0 Å². The van der Waals surface area contributed by atoms with Crippen LogP contribution in [-0.2, 0) is 6.42 Å². The van der Waals surface area contributed by atoms with Crippen molar-refractivity contribution >= 4 is 21.5 Å². The van der Waals surface area contributed by atoms with Gasteiger partial charge in [0.05, 0.1) is 0 Å². The number of rotatable bonds is 0. The Morgan fingerprint density at radius 3 is 2.83 bits per heavy atom. The van der Waals surface area contributed by atoms with Gasteiger partial charge in [0, 0.05) is 4.47 Å². The van der Waals surface area contributed by atoms with Gasteiger partial charge in [-0.25, -0.2) is 4.39 Å². The maximum absolute atomic E-state index is 13.3. The fraction of sp³-hybridized carbons (Fsp3) is 0.200. The van der Waals surface area contributed by atoms with Gasteiger partial charge in [-0.1, -0.05) is 22.5 Å². The minimum atomic E-state index is -0.113. The normalized spacial score (nSPS) is 15.0. The van der Waals surface area contributed by atoms with E-state index in [4.69, 9.17) is 0 Å². The number of allylic oxidation sites excluding steroid dienone is 1. The van der Waals surface area contributed by atoms with Crippen molar-refractivity contribution in [3.63, 3.8) is 0 Å². The van der Waals surface area contributed by atoms with Gasteiger partial charge in [0.15, 0.2) is 0 Å². The monoisotopic (exact) mass is 226 g/mol. The topological polar surface area (TPSA) is 0 Å². The highest BCUT2D eigenvalue weighted by Crippen LogP contribution is 2.34. The Kier molecular flexibility index (Phi) is 1.80. The second kappa shape index (κ2) is 2.70. The maximum Gasteiger partial charge on any atom is 0.128 e. The van der Waals surface area contributed by atoms with Gasteiger partial charge < -0.3 is 0 Å². The molecule has 0 N–H and O–H groups in total. The van der Waals surface area contributed by atoms with Crippen molar-refractivity contribution in [2.45, 2.75) is 12.8 Å². The van der Waals surface area contributed by atoms with Crippen LogP contribution in [-0.4, -0.2) is 0 Å². The molecule has 1 aliphatic rings. The molecule has 0 saturated heterocycles.